The Labute approximate surface area is 82.8 Å². The van der Waals surface area contributed by atoms with Gasteiger partial charge in [0.25, 0.3) is 0 Å². The van der Waals surface area contributed by atoms with Gasteiger partial charge in [0.2, 0.25) is 5.91 Å². The Morgan fingerprint density at radius 1 is 1.57 bits per heavy atom. The van der Waals surface area contributed by atoms with Crippen molar-refractivity contribution in [1.29, 1.82) is 0 Å². The zero-order valence-corrected chi connectivity index (χ0v) is 8.62. The number of amides is 1. The standard InChI is InChI=1S/C9H15NO4/c1-9(2,3)14-8(12)6-4-10-7(11)5-13-6/h6H,4-5H2,1-3H3,(H,10,11)/t6-/m0/s1. The summed E-state index contributed by atoms with van der Waals surface area (Å²) >= 11 is 0. The van der Waals surface area contributed by atoms with Gasteiger partial charge in [0.1, 0.15) is 12.2 Å². The first kappa shape index (κ1) is 11.0. The minimum absolute atomic E-state index is 0.0795. The second-order valence-corrected chi connectivity index (χ2v) is 4.14. The Hall–Kier alpha value is -1.10. The van der Waals surface area contributed by atoms with Crippen molar-refractivity contribution in [2.24, 2.45) is 0 Å². The molecule has 1 saturated heterocycles. The fourth-order valence-corrected chi connectivity index (χ4v) is 1.01. The number of esters is 1. The van der Waals surface area contributed by atoms with Crippen LogP contribution in [0.15, 0.2) is 0 Å². The van der Waals surface area contributed by atoms with Crippen molar-refractivity contribution in [2.45, 2.75) is 32.5 Å². The molecule has 0 aromatic heterocycles. The molecule has 14 heavy (non-hydrogen) atoms. The average Bonchev–Trinajstić information content (AvgIpc) is 2.02. The van der Waals surface area contributed by atoms with E-state index in [1.54, 1.807) is 20.8 Å². The fourth-order valence-electron chi connectivity index (χ4n) is 1.01. The van der Waals surface area contributed by atoms with E-state index >= 15 is 0 Å². The molecule has 1 aliphatic heterocycles. The van der Waals surface area contributed by atoms with Crippen LogP contribution in [0.3, 0.4) is 0 Å². The van der Waals surface area contributed by atoms with Gasteiger partial charge in [0, 0.05) is 0 Å². The van der Waals surface area contributed by atoms with Gasteiger partial charge in [-0.15, -0.1) is 0 Å². The third-order valence-electron chi connectivity index (χ3n) is 1.57. The van der Waals surface area contributed by atoms with Crippen molar-refractivity contribution >= 4 is 11.9 Å². The molecule has 5 heteroatoms. The van der Waals surface area contributed by atoms with Crippen LogP contribution >= 0.6 is 0 Å². The van der Waals surface area contributed by atoms with Crippen LogP contribution < -0.4 is 5.32 Å². The Bertz CT molecular complexity index is 234. The van der Waals surface area contributed by atoms with Crippen LogP contribution in [-0.2, 0) is 19.1 Å². The minimum Gasteiger partial charge on any atom is -0.458 e. The van der Waals surface area contributed by atoms with E-state index in [9.17, 15) is 9.59 Å². The van der Waals surface area contributed by atoms with Crippen molar-refractivity contribution < 1.29 is 19.1 Å². The molecule has 0 saturated carbocycles. The Balaban J connectivity index is 2.42. The highest BCUT2D eigenvalue weighted by atomic mass is 16.6. The Morgan fingerprint density at radius 2 is 2.21 bits per heavy atom. The summed E-state index contributed by atoms with van der Waals surface area (Å²) in [6, 6.07) is 0. The van der Waals surface area contributed by atoms with Crippen molar-refractivity contribution in [3.8, 4) is 0 Å². The third kappa shape index (κ3) is 3.33. The summed E-state index contributed by atoms with van der Waals surface area (Å²) in [7, 11) is 0. The predicted molar refractivity (Wildman–Crippen MR) is 48.6 cm³/mol. The molecule has 0 bridgehead atoms. The summed E-state index contributed by atoms with van der Waals surface area (Å²) in [5, 5.41) is 2.53. The van der Waals surface area contributed by atoms with E-state index in [0.29, 0.717) is 0 Å². The quantitative estimate of drug-likeness (QED) is 0.599. The van der Waals surface area contributed by atoms with Gasteiger partial charge in [-0.3, -0.25) is 4.79 Å². The summed E-state index contributed by atoms with van der Waals surface area (Å²) < 4.78 is 10.1. The first-order chi connectivity index (χ1) is 6.38. The van der Waals surface area contributed by atoms with Crippen LogP contribution in [0.25, 0.3) is 0 Å². The minimum atomic E-state index is -0.674. The van der Waals surface area contributed by atoms with Crippen LogP contribution in [0.1, 0.15) is 20.8 Å². The van der Waals surface area contributed by atoms with Gasteiger partial charge in [-0.2, -0.15) is 0 Å². The van der Waals surface area contributed by atoms with Gasteiger partial charge in [-0.1, -0.05) is 0 Å². The molecule has 0 spiro atoms. The molecule has 1 amide bonds. The number of hydrogen-bond donors (Lipinski definition) is 1. The van der Waals surface area contributed by atoms with Gasteiger partial charge in [-0.05, 0) is 20.8 Å². The summed E-state index contributed by atoms with van der Waals surface area (Å²) in [6.07, 6.45) is -0.674. The molecule has 0 aromatic rings. The summed E-state index contributed by atoms with van der Waals surface area (Å²) in [5.74, 6) is -0.637. The van der Waals surface area contributed by atoms with Gasteiger partial charge >= 0.3 is 5.97 Å². The second kappa shape index (κ2) is 3.96. The summed E-state index contributed by atoms with van der Waals surface area (Å²) in [6.45, 7) is 5.46. The zero-order chi connectivity index (χ0) is 10.8. The molecule has 1 N–H and O–H groups in total. The van der Waals surface area contributed by atoms with Crippen molar-refractivity contribution in [2.75, 3.05) is 13.2 Å². The summed E-state index contributed by atoms with van der Waals surface area (Å²) in [5.41, 5.74) is -0.526. The molecular formula is C9H15NO4. The molecule has 1 aliphatic rings. The van der Waals surface area contributed by atoms with E-state index in [2.05, 4.69) is 5.32 Å². The average molecular weight is 201 g/mol. The van der Waals surface area contributed by atoms with Crippen LogP contribution in [-0.4, -0.2) is 36.7 Å². The number of hydrogen-bond acceptors (Lipinski definition) is 4. The molecule has 0 unspecified atom stereocenters. The van der Waals surface area contributed by atoms with Gasteiger partial charge in [-0.25, -0.2) is 4.79 Å². The topological polar surface area (TPSA) is 64.6 Å². The molecule has 1 atom stereocenters. The first-order valence-corrected chi connectivity index (χ1v) is 4.49. The first-order valence-electron chi connectivity index (χ1n) is 4.49. The largest absolute Gasteiger partial charge is 0.458 e. The molecule has 1 fully saturated rings. The van der Waals surface area contributed by atoms with Crippen molar-refractivity contribution in [3.05, 3.63) is 0 Å². The van der Waals surface area contributed by atoms with E-state index < -0.39 is 17.7 Å². The molecule has 0 radical (unpaired) electrons. The van der Waals surface area contributed by atoms with Crippen LogP contribution in [0.4, 0.5) is 0 Å². The Morgan fingerprint density at radius 3 is 2.64 bits per heavy atom. The molecule has 0 aromatic carbocycles. The highest BCUT2D eigenvalue weighted by molar-refractivity contribution is 5.82. The molecule has 0 aliphatic carbocycles. The van der Waals surface area contributed by atoms with Gasteiger partial charge in [0.15, 0.2) is 6.10 Å². The lowest BCUT2D eigenvalue weighted by Gasteiger charge is -2.26. The molecule has 80 valence electrons. The number of carbonyl (C=O) groups excluding carboxylic acids is 2. The highest BCUT2D eigenvalue weighted by Crippen LogP contribution is 2.10. The van der Waals surface area contributed by atoms with Crippen LogP contribution in [0.5, 0.6) is 0 Å². The third-order valence-corrected chi connectivity index (χ3v) is 1.57. The second-order valence-electron chi connectivity index (χ2n) is 4.14. The predicted octanol–water partition coefficient (Wildman–Crippen LogP) is -0.157. The van der Waals surface area contributed by atoms with Gasteiger partial charge in [0.05, 0.1) is 6.54 Å². The zero-order valence-electron chi connectivity index (χ0n) is 8.62. The molecule has 1 heterocycles. The van der Waals surface area contributed by atoms with Crippen LogP contribution in [0, 0.1) is 0 Å². The SMILES string of the molecule is CC(C)(C)OC(=O)[C@@H]1CNC(=O)CO1. The fraction of sp³-hybridized carbons (Fsp3) is 0.778. The maximum atomic E-state index is 11.4. The highest BCUT2D eigenvalue weighted by Gasteiger charge is 2.29. The maximum Gasteiger partial charge on any atom is 0.337 e. The van der Waals surface area contributed by atoms with Crippen molar-refractivity contribution in [1.82, 2.24) is 5.32 Å². The summed E-state index contributed by atoms with van der Waals surface area (Å²) in [4.78, 5) is 22.2. The lowest BCUT2D eigenvalue weighted by molar-refractivity contribution is -0.171. The monoisotopic (exact) mass is 201 g/mol. The Kier molecular flexibility index (Phi) is 3.10. The number of nitrogens with one attached hydrogen (secondary N) is 1. The molecular weight excluding hydrogens is 186 g/mol. The van der Waals surface area contributed by atoms with Gasteiger partial charge < -0.3 is 14.8 Å². The normalized spacial score (nSPS) is 22.8. The molecule has 5 nitrogen and oxygen atoms in total. The maximum absolute atomic E-state index is 11.4. The van der Waals surface area contributed by atoms with E-state index in [1.807, 2.05) is 0 Å². The number of ether oxygens (including phenoxy) is 2. The lowest BCUT2D eigenvalue weighted by atomic mass is 10.2. The van der Waals surface area contributed by atoms with Crippen LogP contribution in [0.2, 0.25) is 0 Å². The van der Waals surface area contributed by atoms with Crippen molar-refractivity contribution in [3.63, 3.8) is 0 Å². The lowest BCUT2D eigenvalue weighted by Crippen LogP contribution is -2.48. The number of rotatable bonds is 1. The van der Waals surface area contributed by atoms with E-state index in [1.165, 1.54) is 0 Å². The van der Waals surface area contributed by atoms with E-state index in [4.69, 9.17) is 9.47 Å². The number of carbonyl (C=O) groups is 2. The van der Waals surface area contributed by atoms with E-state index in [0.717, 1.165) is 0 Å². The van der Waals surface area contributed by atoms with E-state index in [-0.39, 0.29) is 19.1 Å². The molecule has 1 rings (SSSR count). The smallest absolute Gasteiger partial charge is 0.337 e. The number of morpholine rings is 1.